The highest BCUT2D eigenvalue weighted by atomic mass is 16.1. The maximum atomic E-state index is 13.6. The van der Waals surface area contributed by atoms with E-state index in [4.69, 9.17) is 11.4 Å². The van der Waals surface area contributed by atoms with Crippen LogP contribution in [0.5, 0.6) is 0 Å². The van der Waals surface area contributed by atoms with E-state index in [0.29, 0.717) is 39.4 Å². The molecule has 8 heteroatoms. The fourth-order valence-electron chi connectivity index (χ4n) is 3.63. The molecule has 1 atom stereocenters. The minimum atomic E-state index is -0.737. The molecule has 8 nitrogen and oxygen atoms in total. The van der Waals surface area contributed by atoms with Gasteiger partial charge < -0.3 is 10.3 Å². The number of fused-ring (bicyclic) bond motifs is 2. The van der Waals surface area contributed by atoms with Gasteiger partial charge in [-0.1, -0.05) is 36.3 Å². The summed E-state index contributed by atoms with van der Waals surface area (Å²) in [5, 5.41) is 3.77. The van der Waals surface area contributed by atoms with E-state index in [1.54, 1.807) is 4.57 Å². The molecule has 0 aliphatic heterocycles. The van der Waals surface area contributed by atoms with E-state index in [9.17, 15) is 4.79 Å². The summed E-state index contributed by atoms with van der Waals surface area (Å²) in [5.74, 6) is 3.58. The maximum Gasteiger partial charge on any atom is 0.266 e. The van der Waals surface area contributed by atoms with Crippen molar-refractivity contribution in [3.63, 3.8) is 0 Å². The number of hydrogen-bond donors (Lipinski definition) is 2. The molecule has 0 aliphatic carbocycles. The number of aromatic amines is 1. The standard InChI is InChI=1S/C23H17N7O/c1-3-16(28-21-19-20(25-12-24-19)26-13-27-21)22-29-17-11-7-8-14(2)18(17)23(31)30(22)15-9-5-4-6-10-15/h1,4-13,16H,2H3,(H2,24,25,26,27,28). The second-order valence-electron chi connectivity index (χ2n) is 6.98. The first-order valence-electron chi connectivity index (χ1n) is 9.62. The molecule has 3 heterocycles. The average Bonchev–Trinajstić information content (AvgIpc) is 3.27. The first-order valence-corrected chi connectivity index (χ1v) is 9.62. The molecular formula is C23H17N7O. The van der Waals surface area contributed by atoms with E-state index in [0.717, 1.165) is 5.56 Å². The van der Waals surface area contributed by atoms with Crippen LogP contribution >= 0.6 is 0 Å². The van der Waals surface area contributed by atoms with Crippen LogP contribution in [0.4, 0.5) is 5.82 Å². The maximum absolute atomic E-state index is 13.6. The van der Waals surface area contributed by atoms with Gasteiger partial charge in [0, 0.05) is 0 Å². The van der Waals surface area contributed by atoms with Gasteiger partial charge in [0.1, 0.15) is 17.9 Å². The molecule has 0 amide bonds. The molecule has 0 fully saturated rings. The van der Waals surface area contributed by atoms with Crippen molar-refractivity contribution in [2.75, 3.05) is 5.32 Å². The number of terminal acetylenes is 1. The summed E-state index contributed by atoms with van der Waals surface area (Å²) >= 11 is 0. The lowest BCUT2D eigenvalue weighted by molar-refractivity contribution is 0.792. The number of nitrogens with zero attached hydrogens (tertiary/aromatic N) is 5. The van der Waals surface area contributed by atoms with Crippen molar-refractivity contribution in [2.24, 2.45) is 0 Å². The van der Waals surface area contributed by atoms with Gasteiger partial charge in [0.05, 0.1) is 22.9 Å². The van der Waals surface area contributed by atoms with Crippen LogP contribution in [0.15, 0.2) is 66.0 Å². The molecule has 2 N–H and O–H groups in total. The smallest absolute Gasteiger partial charge is 0.266 e. The Labute approximate surface area is 177 Å². The van der Waals surface area contributed by atoms with E-state index in [1.807, 2.05) is 55.5 Å². The Morgan fingerprint density at radius 1 is 1.10 bits per heavy atom. The molecule has 150 valence electrons. The molecule has 0 saturated heterocycles. The zero-order chi connectivity index (χ0) is 21.4. The van der Waals surface area contributed by atoms with Crippen LogP contribution in [-0.4, -0.2) is 29.5 Å². The van der Waals surface area contributed by atoms with Crippen LogP contribution in [0.25, 0.3) is 27.8 Å². The van der Waals surface area contributed by atoms with Gasteiger partial charge in [-0.05, 0) is 30.7 Å². The Balaban J connectivity index is 1.75. The predicted molar refractivity (Wildman–Crippen MR) is 119 cm³/mol. The number of H-pyrrole nitrogens is 1. The molecule has 5 aromatic rings. The molecule has 31 heavy (non-hydrogen) atoms. The minimum absolute atomic E-state index is 0.180. The lowest BCUT2D eigenvalue weighted by Crippen LogP contribution is -2.28. The van der Waals surface area contributed by atoms with E-state index in [-0.39, 0.29) is 5.56 Å². The number of benzene rings is 2. The monoisotopic (exact) mass is 407 g/mol. The molecule has 5 rings (SSSR count). The third-order valence-corrected chi connectivity index (χ3v) is 5.08. The van der Waals surface area contributed by atoms with Crippen molar-refractivity contribution in [1.82, 2.24) is 29.5 Å². The van der Waals surface area contributed by atoms with Crippen LogP contribution in [0.2, 0.25) is 0 Å². The van der Waals surface area contributed by atoms with Gasteiger partial charge in [-0.3, -0.25) is 9.36 Å². The molecule has 0 aliphatic rings. The van der Waals surface area contributed by atoms with E-state index >= 15 is 0 Å². The summed E-state index contributed by atoms with van der Waals surface area (Å²) < 4.78 is 1.55. The third-order valence-electron chi connectivity index (χ3n) is 5.08. The second-order valence-corrected chi connectivity index (χ2v) is 6.98. The molecule has 1 unspecified atom stereocenters. The Kier molecular flexibility index (Phi) is 4.41. The molecule has 0 radical (unpaired) electrons. The second kappa shape index (κ2) is 7.39. The van der Waals surface area contributed by atoms with Gasteiger partial charge >= 0.3 is 0 Å². The van der Waals surface area contributed by atoms with Crippen LogP contribution in [0.1, 0.15) is 17.4 Å². The first kappa shape index (κ1) is 18.5. The largest absolute Gasteiger partial charge is 0.348 e. The van der Waals surface area contributed by atoms with Gasteiger partial charge in [0.25, 0.3) is 5.56 Å². The van der Waals surface area contributed by atoms with Gasteiger partial charge in [0.2, 0.25) is 0 Å². The number of aromatic nitrogens is 6. The van der Waals surface area contributed by atoms with Gasteiger partial charge in [-0.2, -0.15) is 0 Å². The van der Waals surface area contributed by atoms with Crippen molar-refractivity contribution in [3.8, 4) is 18.0 Å². The molecule has 3 aromatic heterocycles. The summed E-state index contributed by atoms with van der Waals surface area (Å²) in [6.07, 6.45) is 8.84. The SMILES string of the molecule is C#CC(Nc1ncnc2nc[nH]c12)c1nc2cccc(C)c2c(=O)n1-c1ccccc1. The number of aryl methyl sites for hydroxylation is 1. The van der Waals surface area contributed by atoms with E-state index < -0.39 is 6.04 Å². The summed E-state index contributed by atoms with van der Waals surface area (Å²) in [6, 6.07) is 14.2. The minimum Gasteiger partial charge on any atom is -0.348 e. The fraction of sp³-hybridized carbons (Fsp3) is 0.0870. The number of para-hydroxylation sites is 1. The lowest BCUT2D eigenvalue weighted by atomic mass is 10.1. The normalized spacial score (nSPS) is 12.0. The van der Waals surface area contributed by atoms with Crippen LogP contribution < -0.4 is 10.9 Å². The van der Waals surface area contributed by atoms with Crippen molar-refractivity contribution in [3.05, 3.63) is 82.9 Å². The molecule has 0 bridgehead atoms. The Morgan fingerprint density at radius 3 is 2.74 bits per heavy atom. The number of imidazole rings is 1. The average molecular weight is 407 g/mol. The summed E-state index contributed by atoms with van der Waals surface area (Å²) in [4.78, 5) is 34.0. The van der Waals surface area contributed by atoms with Crippen LogP contribution in [-0.2, 0) is 0 Å². The number of rotatable bonds is 4. The third kappa shape index (κ3) is 3.09. The van der Waals surface area contributed by atoms with Crippen molar-refractivity contribution < 1.29 is 0 Å². The number of hydrogen-bond acceptors (Lipinski definition) is 6. The van der Waals surface area contributed by atoms with Gasteiger partial charge in [-0.15, -0.1) is 6.42 Å². The zero-order valence-electron chi connectivity index (χ0n) is 16.6. The molecule has 2 aromatic carbocycles. The predicted octanol–water partition coefficient (Wildman–Crippen LogP) is 3.15. The van der Waals surface area contributed by atoms with Crippen LogP contribution in [0, 0.1) is 19.3 Å². The molecule has 0 saturated carbocycles. The Morgan fingerprint density at radius 2 is 1.94 bits per heavy atom. The lowest BCUT2D eigenvalue weighted by Gasteiger charge is -2.20. The van der Waals surface area contributed by atoms with Crippen molar-refractivity contribution in [1.29, 1.82) is 0 Å². The topological polar surface area (TPSA) is 101 Å². The van der Waals surface area contributed by atoms with Gasteiger partial charge in [0.15, 0.2) is 17.3 Å². The molecular weight excluding hydrogens is 390 g/mol. The number of anilines is 1. The highest BCUT2D eigenvalue weighted by Gasteiger charge is 2.22. The van der Waals surface area contributed by atoms with E-state index in [1.165, 1.54) is 12.7 Å². The van der Waals surface area contributed by atoms with Crippen LogP contribution in [0.3, 0.4) is 0 Å². The van der Waals surface area contributed by atoms with Crippen molar-refractivity contribution in [2.45, 2.75) is 13.0 Å². The van der Waals surface area contributed by atoms with Gasteiger partial charge in [-0.25, -0.2) is 19.9 Å². The Bertz CT molecular complexity index is 1510. The quantitative estimate of drug-likeness (QED) is 0.444. The summed E-state index contributed by atoms with van der Waals surface area (Å²) in [6.45, 7) is 1.90. The number of nitrogens with one attached hydrogen (secondary N) is 2. The highest BCUT2D eigenvalue weighted by Crippen LogP contribution is 2.24. The summed E-state index contributed by atoms with van der Waals surface area (Å²) in [5.41, 5.74) is 3.07. The first-order chi connectivity index (χ1) is 15.2. The zero-order valence-corrected chi connectivity index (χ0v) is 16.6. The Hall–Kier alpha value is -4.51. The van der Waals surface area contributed by atoms with E-state index in [2.05, 4.69) is 31.2 Å². The summed E-state index contributed by atoms with van der Waals surface area (Å²) in [7, 11) is 0. The molecule has 0 spiro atoms. The highest BCUT2D eigenvalue weighted by molar-refractivity contribution is 5.83. The van der Waals surface area contributed by atoms with Crippen molar-refractivity contribution >= 4 is 27.9 Å². The fourth-order valence-corrected chi connectivity index (χ4v) is 3.63.